The molecule has 0 aromatic heterocycles. The summed E-state index contributed by atoms with van der Waals surface area (Å²) in [4.78, 5) is 12.0. The van der Waals surface area contributed by atoms with Gasteiger partial charge in [0.05, 0.1) is 10.6 Å². The molecule has 0 fully saturated rings. The first-order chi connectivity index (χ1) is 9.81. The molecular formula is C16H17NO3S. The molecule has 21 heavy (non-hydrogen) atoms. The Kier molecular flexibility index (Phi) is 4.23. The second-order valence-corrected chi connectivity index (χ2v) is 6.81. The highest BCUT2D eigenvalue weighted by Crippen LogP contribution is 2.21. The Morgan fingerprint density at radius 3 is 2.24 bits per heavy atom. The van der Waals surface area contributed by atoms with Gasteiger partial charge >= 0.3 is 0 Å². The van der Waals surface area contributed by atoms with Gasteiger partial charge in [-0.25, -0.2) is 0 Å². The van der Waals surface area contributed by atoms with Crippen LogP contribution in [0.15, 0.2) is 62.9 Å². The van der Waals surface area contributed by atoms with Crippen molar-refractivity contribution in [3.63, 3.8) is 0 Å². The van der Waals surface area contributed by atoms with Gasteiger partial charge in [-0.05, 0) is 42.7 Å². The average molecular weight is 303 g/mol. The number of sulfonamides is 1. The first-order valence-electron chi connectivity index (χ1n) is 6.66. The van der Waals surface area contributed by atoms with Crippen molar-refractivity contribution in [3.05, 3.63) is 53.6 Å². The fourth-order valence-electron chi connectivity index (χ4n) is 2.01. The van der Waals surface area contributed by atoms with E-state index >= 15 is 0 Å². The summed E-state index contributed by atoms with van der Waals surface area (Å²) in [6.07, 6.45) is 3.01. The molecule has 0 unspecified atom stereocenters. The molecule has 4 nitrogen and oxygen atoms in total. The van der Waals surface area contributed by atoms with E-state index in [-0.39, 0.29) is 16.6 Å². The van der Waals surface area contributed by atoms with E-state index in [1.54, 1.807) is 31.2 Å². The standard InChI is InChI=1S/C16H17NO3S/c1-11(2)14-10-15(12(3)9-16(14)18)17-21(19,20)13-7-5-4-6-8-13/h4-11H,1-3H3. The molecule has 110 valence electrons. The number of allylic oxidation sites excluding steroid dienone is 4. The van der Waals surface area contributed by atoms with Crippen molar-refractivity contribution < 1.29 is 13.2 Å². The van der Waals surface area contributed by atoms with Crippen molar-refractivity contribution in [3.8, 4) is 0 Å². The van der Waals surface area contributed by atoms with Crippen molar-refractivity contribution in [2.24, 2.45) is 10.3 Å². The molecule has 0 saturated heterocycles. The number of hydrogen-bond donors (Lipinski definition) is 0. The summed E-state index contributed by atoms with van der Waals surface area (Å²) >= 11 is 0. The van der Waals surface area contributed by atoms with E-state index in [1.807, 2.05) is 13.8 Å². The zero-order valence-electron chi connectivity index (χ0n) is 12.2. The van der Waals surface area contributed by atoms with E-state index in [9.17, 15) is 13.2 Å². The molecule has 0 radical (unpaired) electrons. The van der Waals surface area contributed by atoms with E-state index in [0.29, 0.717) is 16.9 Å². The van der Waals surface area contributed by atoms with Crippen molar-refractivity contribution >= 4 is 21.5 Å². The molecule has 0 N–H and O–H groups in total. The third-order valence-electron chi connectivity index (χ3n) is 3.21. The van der Waals surface area contributed by atoms with Gasteiger partial charge in [0, 0.05) is 5.57 Å². The smallest absolute Gasteiger partial charge is 0.282 e. The van der Waals surface area contributed by atoms with Gasteiger partial charge in [-0.1, -0.05) is 32.0 Å². The van der Waals surface area contributed by atoms with E-state index in [0.717, 1.165) is 0 Å². The van der Waals surface area contributed by atoms with Crippen LogP contribution in [-0.2, 0) is 14.8 Å². The second kappa shape index (κ2) is 5.77. The van der Waals surface area contributed by atoms with Crippen LogP contribution in [0.2, 0.25) is 0 Å². The lowest BCUT2D eigenvalue weighted by atomic mass is 9.90. The minimum Gasteiger partial charge on any atom is -0.290 e. The summed E-state index contributed by atoms with van der Waals surface area (Å²) in [5.41, 5.74) is 1.45. The number of hydrogen-bond acceptors (Lipinski definition) is 3. The minimum atomic E-state index is -3.77. The molecule has 0 atom stereocenters. The van der Waals surface area contributed by atoms with Gasteiger partial charge in [-0.15, -0.1) is 0 Å². The van der Waals surface area contributed by atoms with Crippen LogP contribution in [0.1, 0.15) is 20.8 Å². The number of carbonyl (C=O) groups is 1. The second-order valence-electron chi connectivity index (χ2n) is 5.21. The number of benzene rings is 1. The molecule has 0 amide bonds. The molecule has 0 aliphatic heterocycles. The SMILES string of the molecule is CC1=CC(=O)C(C(C)C)=CC1=NS(=O)(=O)c1ccccc1. The third-order valence-corrected chi connectivity index (χ3v) is 4.51. The molecule has 1 aliphatic rings. The number of carbonyl (C=O) groups excluding carboxylic acids is 1. The van der Waals surface area contributed by atoms with Crippen molar-refractivity contribution in [1.82, 2.24) is 0 Å². The van der Waals surface area contributed by atoms with Crippen molar-refractivity contribution in [2.45, 2.75) is 25.7 Å². The van der Waals surface area contributed by atoms with Crippen LogP contribution in [0.3, 0.4) is 0 Å². The van der Waals surface area contributed by atoms with Gasteiger partial charge < -0.3 is 0 Å². The summed E-state index contributed by atoms with van der Waals surface area (Å²) in [5, 5.41) is 0. The molecule has 0 heterocycles. The molecular weight excluding hydrogens is 286 g/mol. The highest BCUT2D eigenvalue weighted by Gasteiger charge is 2.21. The highest BCUT2D eigenvalue weighted by molar-refractivity contribution is 7.90. The Balaban J connectivity index is 2.50. The van der Waals surface area contributed by atoms with E-state index < -0.39 is 10.0 Å². The molecule has 1 aromatic rings. The lowest BCUT2D eigenvalue weighted by Crippen LogP contribution is -2.16. The van der Waals surface area contributed by atoms with Gasteiger partial charge in [0.1, 0.15) is 0 Å². The van der Waals surface area contributed by atoms with Crippen LogP contribution in [0, 0.1) is 5.92 Å². The van der Waals surface area contributed by atoms with Crippen LogP contribution in [0.4, 0.5) is 0 Å². The van der Waals surface area contributed by atoms with Crippen LogP contribution in [-0.4, -0.2) is 19.9 Å². The Bertz CT molecular complexity index is 754. The first kappa shape index (κ1) is 15.4. The average Bonchev–Trinajstić information content (AvgIpc) is 2.42. The Morgan fingerprint density at radius 2 is 1.67 bits per heavy atom. The maximum absolute atomic E-state index is 12.3. The molecule has 0 spiro atoms. The summed E-state index contributed by atoms with van der Waals surface area (Å²) in [7, 11) is -3.77. The number of ketones is 1. The van der Waals surface area contributed by atoms with Gasteiger partial charge in [0.2, 0.25) is 0 Å². The maximum atomic E-state index is 12.3. The Labute approximate surface area is 125 Å². The van der Waals surface area contributed by atoms with Crippen LogP contribution >= 0.6 is 0 Å². The molecule has 1 aromatic carbocycles. The maximum Gasteiger partial charge on any atom is 0.282 e. The Morgan fingerprint density at radius 1 is 1.05 bits per heavy atom. The summed E-state index contributed by atoms with van der Waals surface area (Å²) in [6, 6.07) is 8.04. The van der Waals surface area contributed by atoms with Crippen LogP contribution < -0.4 is 0 Å². The zero-order valence-corrected chi connectivity index (χ0v) is 13.0. The molecule has 0 saturated carbocycles. The Hall–Kier alpha value is -2.01. The molecule has 1 aliphatic carbocycles. The highest BCUT2D eigenvalue weighted by atomic mass is 32.2. The number of nitrogens with zero attached hydrogens (tertiary/aromatic N) is 1. The number of rotatable bonds is 3. The van der Waals surface area contributed by atoms with Gasteiger partial charge in [0.25, 0.3) is 10.0 Å². The third kappa shape index (κ3) is 3.36. The predicted molar refractivity (Wildman–Crippen MR) is 82.7 cm³/mol. The summed E-state index contributed by atoms with van der Waals surface area (Å²) in [6.45, 7) is 5.47. The first-order valence-corrected chi connectivity index (χ1v) is 8.10. The summed E-state index contributed by atoms with van der Waals surface area (Å²) < 4.78 is 28.4. The van der Waals surface area contributed by atoms with E-state index in [4.69, 9.17) is 0 Å². The molecule has 5 heteroatoms. The lowest BCUT2D eigenvalue weighted by Gasteiger charge is -2.15. The topological polar surface area (TPSA) is 63.6 Å². The summed E-state index contributed by atoms with van der Waals surface area (Å²) in [5.74, 6) is -0.0648. The quantitative estimate of drug-likeness (QED) is 0.806. The fraction of sp³-hybridized carbons (Fsp3) is 0.250. The largest absolute Gasteiger partial charge is 0.290 e. The van der Waals surface area contributed by atoms with Crippen LogP contribution in [0.25, 0.3) is 0 Å². The predicted octanol–water partition coefficient (Wildman–Crippen LogP) is 2.93. The van der Waals surface area contributed by atoms with Gasteiger partial charge in [0.15, 0.2) is 5.78 Å². The van der Waals surface area contributed by atoms with Crippen LogP contribution in [0.5, 0.6) is 0 Å². The lowest BCUT2D eigenvalue weighted by molar-refractivity contribution is -0.111. The molecule has 2 rings (SSSR count). The zero-order chi connectivity index (χ0) is 15.6. The normalized spacial score (nSPS) is 17.9. The van der Waals surface area contributed by atoms with Gasteiger partial charge in [-0.3, -0.25) is 4.79 Å². The van der Waals surface area contributed by atoms with Crippen molar-refractivity contribution in [1.29, 1.82) is 0 Å². The fourth-order valence-corrected chi connectivity index (χ4v) is 3.07. The van der Waals surface area contributed by atoms with Crippen molar-refractivity contribution in [2.75, 3.05) is 0 Å². The minimum absolute atomic E-state index is 0.0199. The van der Waals surface area contributed by atoms with E-state index in [2.05, 4.69) is 4.40 Å². The van der Waals surface area contributed by atoms with Gasteiger partial charge in [-0.2, -0.15) is 12.8 Å². The monoisotopic (exact) mass is 303 g/mol. The molecule has 0 bridgehead atoms. The van der Waals surface area contributed by atoms with E-state index in [1.165, 1.54) is 18.2 Å².